The number of nitrogens with one attached hydrogen (secondary N) is 3. The number of carbonyl (C=O) groups excluding carboxylic acids is 3. The van der Waals surface area contributed by atoms with E-state index < -0.39 is 22.0 Å². The SMILES string of the molecule is Cc1ccc([N+](=O)[O-])cc1NC(=O)C(Sc1ccc(NC(=O)/C(=C/c2ccc(C(C)C)cc2)NC(=O)c2ccccc2)cc1)c1ccccc1. The smallest absolute Gasteiger partial charge is 0.272 e. The van der Waals surface area contributed by atoms with Gasteiger partial charge in [0.25, 0.3) is 17.5 Å². The van der Waals surface area contributed by atoms with Crippen molar-refractivity contribution in [3.8, 4) is 0 Å². The van der Waals surface area contributed by atoms with Crippen LogP contribution in [0.3, 0.4) is 0 Å². The molecule has 0 bridgehead atoms. The third-order valence-corrected chi connectivity index (χ3v) is 9.11. The van der Waals surface area contributed by atoms with E-state index in [1.165, 1.54) is 23.9 Å². The maximum atomic E-state index is 13.6. The number of thioether (sulfide) groups is 1. The zero-order valence-electron chi connectivity index (χ0n) is 27.8. The number of nitrogens with zero attached hydrogens (tertiary/aromatic N) is 1. The molecule has 0 aliphatic rings. The predicted molar refractivity (Wildman–Crippen MR) is 199 cm³/mol. The topological polar surface area (TPSA) is 130 Å². The highest BCUT2D eigenvalue weighted by atomic mass is 32.2. The molecule has 0 aliphatic carbocycles. The summed E-state index contributed by atoms with van der Waals surface area (Å²) in [5, 5.41) is 19.2. The van der Waals surface area contributed by atoms with Gasteiger partial charge in [-0.1, -0.05) is 92.7 Å². The maximum Gasteiger partial charge on any atom is 0.272 e. The molecular formula is C40H36N4O5S. The number of anilines is 2. The summed E-state index contributed by atoms with van der Waals surface area (Å²) in [4.78, 5) is 51.8. The second-order valence-corrected chi connectivity index (χ2v) is 13.0. The van der Waals surface area contributed by atoms with Crippen molar-refractivity contribution in [1.29, 1.82) is 0 Å². The van der Waals surface area contributed by atoms with Gasteiger partial charge in [-0.2, -0.15) is 0 Å². The maximum absolute atomic E-state index is 13.6. The summed E-state index contributed by atoms with van der Waals surface area (Å²) in [6.07, 6.45) is 1.64. The lowest BCUT2D eigenvalue weighted by atomic mass is 10.0. The number of benzene rings is 5. The van der Waals surface area contributed by atoms with E-state index in [9.17, 15) is 24.5 Å². The number of aryl methyl sites for hydroxylation is 1. The fourth-order valence-corrected chi connectivity index (χ4v) is 6.02. The van der Waals surface area contributed by atoms with E-state index in [1.807, 2.05) is 60.7 Å². The van der Waals surface area contributed by atoms with E-state index >= 15 is 0 Å². The fourth-order valence-electron chi connectivity index (χ4n) is 4.99. The second-order valence-electron chi connectivity index (χ2n) is 11.8. The summed E-state index contributed by atoms with van der Waals surface area (Å²) >= 11 is 1.30. The van der Waals surface area contributed by atoms with Gasteiger partial charge in [0.05, 0.1) is 10.6 Å². The summed E-state index contributed by atoms with van der Waals surface area (Å²) in [5.74, 6) is -0.906. The van der Waals surface area contributed by atoms with Gasteiger partial charge in [-0.25, -0.2) is 0 Å². The van der Waals surface area contributed by atoms with Gasteiger partial charge in [0.1, 0.15) is 10.9 Å². The van der Waals surface area contributed by atoms with Crippen LogP contribution in [0.15, 0.2) is 138 Å². The van der Waals surface area contributed by atoms with Gasteiger partial charge in [-0.05, 0) is 77.6 Å². The third-order valence-electron chi connectivity index (χ3n) is 7.84. The molecule has 5 aromatic rings. The molecule has 0 saturated carbocycles. The molecule has 10 heteroatoms. The number of non-ortho nitro benzene ring substituents is 1. The standard InChI is InChI=1S/C40H36N4O5S/c1-26(2)29-17-15-28(16-18-29)24-36(43-38(45)31-12-8-5-9-13-31)39(46)41-32-19-22-34(23-20-32)50-37(30-10-6-4-7-11-30)40(47)42-35-25-33(44(48)49)21-14-27(35)3/h4-26,37H,1-3H3,(H,41,46)(H,42,47)(H,43,45)/b36-24-. The molecule has 9 nitrogen and oxygen atoms in total. The zero-order chi connectivity index (χ0) is 35.6. The Morgan fingerprint density at radius 2 is 1.40 bits per heavy atom. The highest BCUT2D eigenvalue weighted by Gasteiger charge is 2.24. The average Bonchev–Trinajstić information content (AvgIpc) is 3.12. The van der Waals surface area contributed by atoms with Gasteiger partial charge >= 0.3 is 0 Å². The van der Waals surface area contributed by atoms with Gasteiger partial charge in [-0.3, -0.25) is 24.5 Å². The Labute approximate surface area is 295 Å². The monoisotopic (exact) mass is 684 g/mol. The Bertz CT molecular complexity index is 2010. The van der Waals surface area contributed by atoms with Crippen LogP contribution in [0, 0.1) is 17.0 Å². The average molecular weight is 685 g/mol. The minimum Gasteiger partial charge on any atom is -0.324 e. The van der Waals surface area contributed by atoms with Crippen molar-refractivity contribution < 1.29 is 19.3 Å². The molecule has 0 radical (unpaired) electrons. The van der Waals surface area contributed by atoms with E-state index in [2.05, 4.69) is 29.8 Å². The Morgan fingerprint density at radius 3 is 2.02 bits per heavy atom. The molecule has 5 aromatic carbocycles. The number of rotatable bonds is 12. The first-order valence-electron chi connectivity index (χ1n) is 15.9. The number of nitro groups is 1. The van der Waals surface area contributed by atoms with Crippen LogP contribution in [-0.2, 0) is 9.59 Å². The number of carbonyl (C=O) groups is 3. The third kappa shape index (κ3) is 9.33. The van der Waals surface area contributed by atoms with Crippen LogP contribution in [0.2, 0.25) is 0 Å². The number of hydrogen-bond acceptors (Lipinski definition) is 6. The van der Waals surface area contributed by atoms with Crippen molar-refractivity contribution in [1.82, 2.24) is 5.32 Å². The molecule has 3 N–H and O–H groups in total. The van der Waals surface area contributed by atoms with E-state index in [0.717, 1.165) is 21.6 Å². The second kappa shape index (κ2) is 16.4. The van der Waals surface area contributed by atoms with Crippen LogP contribution in [-0.4, -0.2) is 22.6 Å². The zero-order valence-corrected chi connectivity index (χ0v) is 28.6. The van der Waals surface area contributed by atoms with Crippen molar-refractivity contribution >= 4 is 52.6 Å². The van der Waals surface area contributed by atoms with E-state index in [0.29, 0.717) is 28.4 Å². The summed E-state index contributed by atoms with van der Waals surface area (Å²) < 4.78 is 0. The molecule has 3 amide bonds. The van der Waals surface area contributed by atoms with E-state index in [-0.39, 0.29) is 17.3 Å². The molecule has 0 aromatic heterocycles. The van der Waals surface area contributed by atoms with Crippen LogP contribution < -0.4 is 16.0 Å². The van der Waals surface area contributed by atoms with Crippen molar-refractivity contribution in [3.63, 3.8) is 0 Å². The van der Waals surface area contributed by atoms with Crippen LogP contribution in [0.5, 0.6) is 0 Å². The van der Waals surface area contributed by atoms with Gasteiger partial charge < -0.3 is 16.0 Å². The van der Waals surface area contributed by atoms with Gasteiger partial charge in [-0.15, -0.1) is 11.8 Å². The first-order chi connectivity index (χ1) is 24.1. The molecule has 1 atom stereocenters. The molecule has 0 saturated heterocycles. The van der Waals surface area contributed by atoms with Gasteiger partial charge in [0, 0.05) is 28.3 Å². The number of amides is 3. The lowest BCUT2D eigenvalue weighted by molar-refractivity contribution is -0.384. The first-order valence-corrected chi connectivity index (χ1v) is 16.8. The molecule has 0 aliphatic heterocycles. The first kappa shape index (κ1) is 35.3. The van der Waals surface area contributed by atoms with Crippen LogP contribution in [0.1, 0.15) is 57.6 Å². The number of nitro benzene ring substituents is 1. The lowest BCUT2D eigenvalue weighted by Gasteiger charge is -2.18. The van der Waals surface area contributed by atoms with Gasteiger partial charge in [0.15, 0.2) is 0 Å². The van der Waals surface area contributed by atoms with E-state index in [4.69, 9.17) is 0 Å². The highest BCUT2D eigenvalue weighted by molar-refractivity contribution is 8.00. The van der Waals surface area contributed by atoms with Gasteiger partial charge in [0.2, 0.25) is 5.91 Å². The normalized spacial score (nSPS) is 11.8. The summed E-state index contributed by atoms with van der Waals surface area (Å²) in [6.45, 7) is 5.98. The highest BCUT2D eigenvalue weighted by Crippen LogP contribution is 2.37. The molecular weight excluding hydrogens is 649 g/mol. The Hall–Kier alpha value is -6.00. The van der Waals surface area contributed by atoms with Crippen LogP contribution in [0.4, 0.5) is 17.1 Å². The van der Waals surface area contributed by atoms with Crippen LogP contribution >= 0.6 is 11.8 Å². The molecule has 0 heterocycles. The molecule has 0 spiro atoms. The minimum atomic E-state index is -0.680. The number of hydrogen-bond donors (Lipinski definition) is 3. The summed E-state index contributed by atoms with van der Waals surface area (Å²) in [7, 11) is 0. The van der Waals surface area contributed by atoms with Crippen molar-refractivity contribution in [2.75, 3.05) is 10.6 Å². The summed E-state index contributed by atoms with van der Waals surface area (Å²) in [5.41, 5.74) is 4.59. The van der Waals surface area contributed by atoms with Crippen LogP contribution in [0.25, 0.3) is 6.08 Å². The predicted octanol–water partition coefficient (Wildman–Crippen LogP) is 8.91. The quantitative estimate of drug-likeness (QED) is 0.0521. The van der Waals surface area contributed by atoms with Crippen molar-refractivity contribution in [2.45, 2.75) is 36.8 Å². The Kier molecular flexibility index (Phi) is 11.6. The summed E-state index contributed by atoms with van der Waals surface area (Å²) in [6, 6.07) is 37.1. The van der Waals surface area contributed by atoms with Crippen molar-refractivity contribution in [3.05, 3.63) is 171 Å². The Morgan fingerprint density at radius 1 is 0.760 bits per heavy atom. The molecule has 252 valence electrons. The minimum absolute atomic E-state index is 0.0758. The fraction of sp³-hybridized carbons (Fsp3) is 0.125. The Balaban J connectivity index is 1.34. The largest absolute Gasteiger partial charge is 0.324 e. The molecule has 0 fully saturated rings. The molecule has 5 rings (SSSR count). The lowest BCUT2D eigenvalue weighted by Crippen LogP contribution is -2.30. The molecule has 50 heavy (non-hydrogen) atoms. The molecule has 1 unspecified atom stereocenters. The van der Waals surface area contributed by atoms with Crippen molar-refractivity contribution in [2.24, 2.45) is 0 Å². The van der Waals surface area contributed by atoms with E-state index in [1.54, 1.807) is 67.6 Å².